The van der Waals surface area contributed by atoms with Gasteiger partial charge in [0.25, 0.3) is 0 Å². The Kier molecular flexibility index (Phi) is 3.25. The van der Waals surface area contributed by atoms with E-state index in [0.717, 1.165) is 10.9 Å². The first-order valence-electron chi connectivity index (χ1n) is 4.64. The van der Waals surface area contributed by atoms with Crippen LogP contribution < -0.4 is 0 Å². The molecule has 0 bridgehead atoms. The first-order valence-corrected chi connectivity index (χ1v) is 4.64. The van der Waals surface area contributed by atoms with Crippen LogP contribution in [-0.4, -0.2) is 20.9 Å². The number of rotatable bonds is 3. The molecule has 90 valence electrons. The molecule has 1 heterocycles. The Labute approximate surface area is 89.7 Å². The average molecular weight is 236 g/mol. The molecule has 1 N–H and O–H groups in total. The van der Waals surface area contributed by atoms with Gasteiger partial charge < -0.3 is 5.11 Å². The Morgan fingerprint density at radius 2 is 2.19 bits per heavy atom. The molecule has 0 aromatic carbocycles. The van der Waals surface area contributed by atoms with Crippen molar-refractivity contribution in [1.82, 2.24) is 9.78 Å². The van der Waals surface area contributed by atoms with Gasteiger partial charge in [-0.2, -0.15) is 18.3 Å². The second kappa shape index (κ2) is 4.15. The fourth-order valence-electron chi connectivity index (χ4n) is 1.40. The van der Waals surface area contributed by atoms with E-state index in [1.165, 1.54) is 13.8 Å². The van der Waals surface area contributed by atoms with Crippen molar-refractivity contribution in [2.45, 2.75) is 32.5 Å². The van der Waals surface area contributed by atoms with Gasteiger partial charge in [0.15, 0.2) is 0 Å². The molecule has 0 aliphatic heterocycles. The molecule has 1 aromatic rings. The summed E-state index contributed by atoms with van der Waals surface area (Å²) in [5, 5.41) is 12.2. The highest BCUT2D eigenvalue weighted by molar-refractivity contribution is 5.75. The van der Waals surface area contributed by atoms with Gasteiger partial charge in [-0.1, -0.05) is 0 Å². The molecule has 0 saturated carbocycles. The minimum atomic E-state index is -4.59. The molecule has 0 amide bonds. The summed E-state index contributed by atoms with van der Waals surface area (Å²) in [4.78, 5) is 10.7. The van der Waals surface area contributed by atoms with Crippen molar-refractivity contribution in [2.24, 2.45) is 0 Å². The van der Waals surface area contributed by atoms with E-state index < -0.39 is 23.8 Å². The van der Waals surface area contributed by atoms with Crippen LogP contribution in [0.2, 0.25) is 0 Å². The number of hydrogen-bond donors (Lipinski definition) is 1. The Morgan fingerprint density at radius 1 is 1.62 bits per heavy atom. The SMILES string of the molecule is CCn1ncc(C(C)C(=O)O)c1C(F)(F)F. The number of halogens is 3. The van der Waals surface area contributed by atoms with Crippen molar-refractivity contribution >= 4 is 5.97 Å². The number of aryl methyl sites for hydroxylation is 1. The molecular weight excluding hydrogens is 225 g/mol. The fourth-order valence-corrected chi connectivity index (χ4v) is 1.40. The molecule has 1 rings (SSSR count). The minimum Gasteiger partial charge on any atom is -0.481 e. The number of carboxylic acid groups (broad SMARTS) is 1. The predicted molar refractivity (Wildman–Crippen MR) is 49.0 cm³/mol. The lowest BCUT2D eigenvalue weighted by Crippen LogP contribution is -2.19. The summed E-state index contributed by atoms with van der Waals surface area (Å²) in [6.45, 7) is 2.76. The third-order valence-electron chi connectivity index (χ3n) is 2.27. The third kappa shape index (κ3) is 2.17. The largest absolute Gasteiger partial charge is 0.481 e. The van der Waals surface area contributed by atoms with Crippen molar-refractivity contribution < 1.29 is 23.1 Å². The van der Waals surface area contributed by atoms with E-state index in [-0.39, 0.29) is 12.1 Å². The number of hydrogen-bond acceptors (Lipinski definition) is 2. The van der Waals surface area contributed by atoms with Crippen molar-refractivity contribution in [3.05, 3.63) is 17.5 Å². The van der Waals surface area contributed by atoms with Gasteiger partial charge in [-0.3, -0.25) is 9.48 Å². The number of aliphatic carboxylic acids is 1. The Morgan fingerprint density at radius 3 is 2.56 bits per heavy atom. The molecule has 0 aliphatic carbocycles. The minimum absolute atomic E-state index is 0.0428. The summed E-state index contributed by atoms with van der Waals surface area (Å²) in [5.74, 6) is -2.53. The van der Waals surface area contributed by atoms with E-state index >= 15 is 0 Å². The van der Waals surface area contributed by atoms with E-state index in [1.54, 1.807) is 0 Å². The van der Waals surface area contributed by atoms with Gasteiger partial charge in [0.2, 0.25) is 0 Å². The molecule has 7 heteroatoms. The first kappa shape index (κ1) is 12.5. The van der Waals surface area contributed by atoms with Crippen LogP contribution in [0.1, 0.15) is 31.0 Å². The second-order valence-electron chi connectivity index (χ2n) is 3.32. The molecule has 0 aliphatic rings. The van der Waals surface area contributed by atoms with Gasteiger partial charge in [0.05, 0.1) is 12.1 Å². The lowest BCUT2D eigenvalue weighted by Gasteiger charge is -2.13. The van der Waals surface area contributed by atoms with Gasteiger partial charge >= 0.3 is 12.1 Å². The quantitative estimate of drug-likeness (QED) is 0.874. The zero-order chi connectivity index (χ0) is 12.5. The lowest BCUT2D eigenvalue weighted by atomic mass is 10.0. The van der Waals surface area contributed by atoms with E-state index in [0.29, 0.717) is 0 Å². The van der Waals surface area contributed by atoms with Crippen LogP contribution in [0.4, 0.5) is 13.2 Å². The molecule has 0 spiro atoms. The highest BCUT2D eigenvalue weighted by Gasteiger charge is 2.40. The fraction of sp³-hybridized carbons (Fsp3) is 0.556. The van der Waals surface area contributed by atoms with Crippen LogP contribution in [-0.2, 0) is 17.5 Å². The molecular formula is C9H11F3N2O2. The number of aromatic nitrogens is 2. The number of nitrogens with zero attached hydrogens (tertiary/aromatic N) is 2. The molecule has 4 nitrogen and oxygen atoms in total. The lowest BCUT2D eigenvalue weighted by molar-refractivity contribution is -0.145. The maximum atomic E-state index is 12.7. The Hall–Kier alpha value is -1.53. The zero-order valence-corrected chi connectivity index (χ0v) is 8.75. The molecule has 1 atom stereocenters. The van der Waals surface area contributed by atoms with E-state index in [9.17, 15) is 18.0 Å². The van der Waals surface area contributed by atoms with Gasteiger partial charge in [0, 0.05) is 12.1 Å². The second-order valence-corrected chi connectivity index (χ2v) is 3.32. The highest BCUT2D eigenvalue weighted by atomic mass is 19.4. The summed E-state index contributed by atoms with van der Waals surface area (Å²) < 4.78 is 38.9. The van der Waals surface area contributed by atoms with Gasteiger partial charge in [-0.25, -0.2) is 0 Å². The number of carboxylic acids is 1. The van der Waals surface area contributed by atoms with Crippen LogP contribution >= 0.6 is 0 Å². The van der Waals surface area contributed by atoms with E-state index in [2.05, 4.69) is 5.10 Å². The normalized spacial score (nSPS) is 13.8. The van der Waals surface area contributed by atoms with Crippen LogP contribution in [0.25, 0.3) is 0 Å². The summed E-state index contributed by atoms with van der Waals surface area (Å²) in [7, 11) is 0. The van der Waals surface area contributed by atoms with Crippen LogP contribution in [0.15, 0.2) is 6.20 Å². The monoisotopic (exact) mass is 236 g/mol. The summed E-state index contributed by atoms with van der Waals surface area (Å²) in [6, 6.07) is 0. The smallest absolute Gasteiger partial charge is 0.433 e. The molecule has 0 saturated heterocycles. The Balaban J connectivity index is 3.31. The maximum absolute atomic E-state index is 12.7. The van der Waals surface area contributed by atoms with Crippen LogP contribution in [0, 0.1) is 0 Å². The third-order valence-corrected chi connectivity index (χ3v) is 2.27. The van der Waals surface area contributed by atoms with E-state index in [1.807, 2.05) is 0 Å². The summed E-state index contributed by atoms with van der Waals surface area (Å²) >= 11 is 0. The van der Waals surface area contributed by atoms with Crippen molar-refractivity contribution in [3.63, 3.8) is 0 Å². The van der Waals surface area contributed by atoms with Crippen LogP contribution in [0.3, 0.4) is 0 Å². The van der Waals surface area contributed by atoms with E-state index in [4.69, 9.17) is 5.11 Å². The molecule has 0 radical (unpaired) electrons. The predicted octanol–water partition coefficient (Wildman–Crippen LogP) is 2.11. The molecule has 0 fully saturated rings. The average Bonchev–Trinajstić information content (AvgIpc) is 2.58. The molecule has 1 aromatic heterocycles. The molecule has 1 unspecified atom stereocenters. The van der Waals surface area contributed by atoms with Gasteiger partial charge in [-0.05, 0) is 13.8 Å². The maximum Gasteiger partial charge on any atom is 0.433 e. The molecule has 16 heavy (non-hydrogen) atoms. The first-order chi connectivity index (χ1) is 7.29. The topological polar surface area (TPSA) is 55.1 Å². The highest BCUT2D eigenvalue weighted by Crippen LogP contribution is 2.35. The zero-order valence-electron chi connectivity index (χ0n) is 8.75. The number of alkyl halides is 3. The van der Waals surface area contributed by atoms with Crippen molar-refractivity contribution in [2.75, 3.05) is 0 Å². The van der Waals surface area contributed by atoms with Gasteiger partial charge in [-0.15, -0.1) is 0 Å². The standard InChI is InChI=1S/C9H11F3N2O2/c1-3-14-7(9(10,11)12)6(4-13-14)5(2)8(15)16/h4-5H,3H2,1-2H3,(H,15,16). The summed E-state index contributed by atoms with van der Waals surface area (Å²) in [6.07, 6.45) is -3.63. The summed E-state index contributed by atoms with van der Waals surface area (Å²) in [5.41, 5.74) is -1.29. The Bertz CT molecular complexity index is 398. The van der Waals surface area contributed by atoms with Crippen molar-refractivity contribution in [1.29, 1.82) is 0 Å². The van der Waals surface area contributed by atoms with Crippen LogP contribution in [0.5, 0.6) is 0 Å². The van der Waals surface area contributed by atoms with Crippen molar-refractivity contribution in [3.8, 4) is 0 Å². The van der Waals surface area contributed by atoms with Gasteiger partial charge in [0.1, 0.15) is 5.69 Å². The number of carbonyl (C=O) groups is 1.